The zero-order valence-corrected chi connectivity index (χ0v) is 20.5. The Hall–Kier alpha value is -2.39. The number of nitrogens with zero attached hydrogens (tertiary/aromatic N) is 4. The van der Waals surface area contributed by atoms with Crippen LogP contribution in [0.3, 0.4) is 0 Å². The van der Waals surface area contributed by atoms with Crippen molar-refractivity contribution in [1.29, 1.82) is 0 Å². The van der Waals surface area contributed by atoms with Crippen molar-refractivity contribution in [2.45, 2.75) is 32.1 Å². The van der Waals surface area contributed by atoms with Crippen molar-refractivity contribution < 1.29 is 4.79 Å². The molecule has 8 nitrogen and oxygen atoms in total. The van der Waals surface area contributed by atoms with Crippen molar-refractivity contribution in [2.24, 2.45) is 25.9 Å². The normalized spacial score (nSPS) is 20.2. The molecule has 2 aromatic heterocycles. The Labute approximate surface area is 198 Å². The maximum absolute atomic E-state index is 12.9. The lowest BCUT2D eigenvalue weighted by Gasteiger charge is -2.35. The highest BCUT2D eigenvalue weighted by Crippen LogP contribution is 2.22. The number of aromatic nitrogens is 2. The summed E-state index contributed by atoms with van der Waals surface area (Å²) >= 11 is 1.83. The fourth-order valence-corrected chi connectivity index (χ4v) is 5.65. The van der Waals surface area contributed by atoms with Gasteiger partial charge in [0.2, 0.25) is 5.91 Å². The van der Waals surface area contributed by atoms with Crippen molar-refractivity contribution in [1.82, 2.24) is 19.4 Å². The van der Waals surface area contributed by atoms with Gasteiger partial charge < -0.3 is 15.1 Å². The molecule has 1 unspecified atom stereocenters. The Bertz CT molecular complexity index is 1050. The molecule has 2 fully saturated rings. The van der Waals surface area contributed by atoms with Crippen molar-refractivity contribution in [3.63, 3.8) is 0 Å². The minimum absolute atomic E-state index is 0.0914. The molecule has 2 saturated heterocycles. The maximum atomic E-state index is 12.9. The fraction of sp³-hybridized carbons (Fsp3) is 0.625. The number of thiophene rings is 1. The minimum Gasteiger partial charge on any atom is -0.357 e. The van der Waals surface area contributed by atoms with Gasteiger partial charge in [-0.3, -0.25) is 18.7 Å². The van der Waals surface area contributed by atoms with Crippen LogP contribution in [0.15, 0.2) is 33.2 Å². The number of carbonyl (C=O) groups excluding carboxylic acids is 1. The van der Waals surface area contributed by atoms with Gasteiger partial charge in [0.1, 0.15) is 5.82 Å². The summed E-state index contributed by atoms with van der Waals surface area (Å²) < 4.78 is 2.60. The van der Waals surface area contributed by atoms with Gasteiger partial charge in [-0.25, -0.2) is 4.79 Å². The third kappa shape index (κ3) is 5.76. The van der Waals surface area contributed by atoms with Crippen LogP contribution >= 0.6 is 11.3 Å². The summed E-state index contributed by atoms with van der Waals surface area (Å²) in [5.41, 5.74) is -0.660. The zero-order valence-electron chi connectivity index (χ0n) is 19.7. The molecule has 2 aromatic rings. The van der Waals surface area contributed by atoms with E-state index in [9.17, 15) is 14.4 Å². The number of piperidine rings is 2. The van der Waals surface area contributed by atoms with Crippen LogP contribution in [-0.4, -0.2) is 59.2 Å². The lowest BCUT2D eigenvalue weighted by atomic mass is 9.94. The molecule has 1 amide bonds. The Balaban J connectivity index is 1.24. The molecule has 2 aliphatic heterocycles. The Morgan fingerprint density at radius 2 is 1.91 bits per heavy atom. The van der Waals surface area contributed by atoms with Gasteiger partial charge in [-0.15, -0.1) is 11.3 Å². The van der Waals surface area contributed by atoms with E-state index in [4.69, 9.17) is 0 Å². The minimum atomic E-state index is -0.342. The lowest BCUT2D eigenvalue weighted by Crippen LogP contribution is -2.47. The van der Waals surface area contributed by atoms with E-state index in [2.05, 4.69) is 27.7 Å². The van der Waals surface area contributed by atoms with Crippen LogP contribution in [0.1, 0.15) is 30.6 Å². The highest BCUT2D eigenvalue weighted by Gasteiger charge is 2.28. The van der Waals surface area contributed by atoms with E-state index in [1.807, 2.05) is 16.2 Å². The van der Waals surface area contributed by atoms with E-state index >= 15 is 0 Å². The fourth-order valence-electron chi connectivity index (χ4n) is 4.95. The second-order valence-electron chi connectivity index (χ2n) is 9.39. The first-order chi connectivity index (χ1) is 15.9. The number of carbonyl (C=O) groups is 1. The summed E-state index contributed by atoms with van der Waals surface area (Å²) in [5.74, 6) is 1.09. The third-order valence-corrected chi connectivity index (χ3v) is 8.08. The van der Waals surface area contributed by atoms with Gasteiger partial charge in [0.15, 0.2) is 0 Å². The molecule has 4 heterocycles. The molecule has 4 rings (SSSR count). The quantitative estimate of drug-likeness (QED) is 0.658. The Morgan fingerprint density at radius 3 is 2.64 bits per heavy atom. The Kier molecular flexibility index (Phi) is 7.70. The average molecular weight is 474 g/mol. The number of nitrogens with one attached hydrogen (secondary N) is 1. The second-order valence-corrected chi connectivity index (χ2v) is 10.4. The molecule has 2 aliphatic rings. The van der Waals surface area contributed by atoms with Crippen LogP contribution in [-0.2, 0) is 25.3 Å². The highest BCUT2D eigenvalue weighted by atomic mass is 32.1. The van der Waals surface area contributed by atoms with Crippen LogP contribution < -0.4 is 21.5 Å². The smallest absolute Gasteiger partial charge is 0.332 e. The summed E-state index contributed by atoms with van der Waals surface area (Å²) in [6.07, 6.45) is 5.07. The van der Waals surface area contributed by atoms with Crippen LogP contribution in [0.4, 0.5) is 5.82 Å². The molecular weight excluding hydrogens is 438 g/mol. The van der Waals surface area contributed by atoms with E-state index in [0.29, 0.717) is 18.3 Å². The summed E-state index contributed by atoms with van der Waals surface area (Å²) in [7, 11) is 3.16. The molecular formula is C24H35N5O3S. The summed E-state index contributed by atoms with van der Waals surface area (Å²) in [6, 6.07) is 5.81. The molecule has 1 atom stereocenters. The van der Waals surface area contributed by atoms with Gasteiger partial charge >= 0.3 is 5.69 Å². The van der Waals surface area contributed by atoms with E-state index in [0.717, 1.165) is 69.4 Å². The lowest BCUT2D eigenvalue weighted by molar-refractivity contribution is -0.125. The molecule has 0 aliphatic carbocycles. The molecule has 9 heteroatoms. The molecule has 1 N–H and O–H groups in total. The van der Waals surface area contributed by atoms with E-state index in [1.165, 1.54) is 22.6 Å². The summed E-state index contributed by atoms with van der Waals surface area (Å²) in [5, 5.41) is 5.33. The van der Waals surface area contributed by atoms with Crippen LogP contribution in [0.5, 0.6) is 0 Å². The number of likely N-dealkylation sites (tertiary alicyclic amines) is 1. The van der Waals surface area contributed by atoms with Crippen LogP contribution in [0.25, 0.3) is 0 Å². The predicted molar refractivity (Wildman–Crippen MR) is 132 cm³/mol. The van der Waals surface area contributed by atoms with Gasteiger partial charge in [-0.1, -0.05) is 6.07 Å². The number of anilines is 1. The van der Waals surface area contributed by atoms with Gasteiger partial charge in [0.05, 0.1) is 5.92 Å². The highest BCUT2D eigenvalue weighted by molar-refractivity contribution is 7.09. The molecule has 0 saturated carbocycles. The van der Waals surface area contributed by atoms with Gasteiger partial charge in [0, 0.05) is 51.2 Å². The van der Waals surface area contributed by atoms with Crippen molar-refractivity contribution in [3.8, 4) is 0 Å². The van der Waals surface area contributed by atoms with Crippen molar-refractivity contribution in [3.05, 3.63) is 49.3 Å². The average Bonchev–Trinajstić information content (AvgIpc) is 3.36. The maximum Gasteiger partial charge on any atom is 0.332 e. The third-order valence-electron chi connectivity index (χ3n) is 7.14. The standard InChI is InChI=1S/C24H35N5O3S/c1-26-21(15-22(30)27(2)24(26)32)29-10-3-5-19(17-29)23(31)25-16-18-7-11-28(12-8-18)13-9-20-6-4-14-33-20/h4,6,14-15,18-19H,3,5,7-13,16-17H2,1-2H3,(H,25,31). The summed E-state index contributed by atoms with van der Waals surface area (Å²) in [4.78, 5) is 43.3. The number of hydrogen-bond acceptors (Lipinski definition) is 6. The van der Waals surface area contributed by atoms with Crippen LogP contribution in [0.2, 0.25) is 0 Å². The van der Waals surface area contributed by atoms with Gasteiger partial charge in [-0.2, -0.15) is 0 Å². The van der Waals surface area contributed by atoms with Crippen molar-refractivity contribution in [2.75, 3.05) is 44.2 Å². The van der Waals surface area contributed by atoms with Gasteiger partial charge in [0.25, 0.3) is 5.56 Å². The topological polar surface area (TPSA) is 79.6 Å². The first kappa shape index (κ1) is 23.8. The molecule has 33 heavy (non-hydrogen) atoms. The number of hydrogen-bond donors (Lipinski definition) is 1. The monoisotopic (exact) mass is 473 g/mol. The van der Waals surface area contributed by atoms with Crippen molar-refractivity contribution >= 4 is 23.1 Å². The SMILES string of the molecule is Cn1c(N2CCCC(C(=O)NCC3CCN(CCc4cccs4)CC3)C2)cc(=O)n(C)c1=O. The van der Waals surface area contributed by atoms with E-state index < -0.39 is 0 Å². The number of amides is 1. The second kappa shape index (κ2) is 10.7. The van der Waals surface area contributed by atoms with Gasteiger partial charge in [-0.05, 0) is 62.6 Å². The molecule has 0 aromatic carbocycles. The summed E-state index contributed by atoms with van der Waals surface area (Å²) in [6.45, 7) is 5.32. The largest absolute Gasteiger partial charge is 0.357 e. The van der Waals surface area contributed by atoms with Crippen LogP contribution in [0, 0.1) is 11.8 Å². The van der Waals surface area contributed by atoms with E-state index in [1.54, 1.807) is 7.05 Å². The molecule has 0 spiro atoms. The van der Waals surface area contributed by atoms with E-state index in [-0.39, 0.29) is 23.1 Å². The first-order valence-corrected chi connectivity index (χ1v) is 12.8. The first-order valence-electron chi connectivity index (χ1n) is 12.0. The number of rotatable bonds is 7. The molecule has 0 radical (unpaired) electrons. The molecule has 0 bridgehead atoms. The predicted octanol–water partition coefficient (Wildman–Crippen LogP) is 1.43. The zero-order chi connectivity index (χ0) is 23.4. The molecule has 180 valence electrons. The Morgan fingerprint density at radius 1 is 1.12 bits per heavy atom.